The number of unbranched alkanes of at least 4 members (excludes halogenated alkanes) is 1. The molecule has 0 aliphatic carbocycles. The summed E-state index contributed by atoms with van der Waals surface area (Å²) in [6.07, 6.45) is 3.08. The van der Waals surface area contributed by atoms with Gasteiger partial charge in [0.25, 0.3) is 0 Å². The Morgan fingerprint density at radius 1 is 1.09 bits per heavy atom. The van der Waals surface area contributed by atoms with E-state index in [2.05, 4.69) is 20.1 Å². The van der Waals surface area contributed by atoms with Crippen LogP contribution in [0.15, 0.2) is 52.9 Å². The molecule has 4 rings (SSSR count). The van der Waals surface area contributed by atoms with Gasteiger partial charge in [-0.05, 0) is 42.6 Å². The van der Waals surface area contributed by atoms with Gasteiger partial charge in [-0.3, -0.25) is 0 Å². The first-order chi connectivity index (χ1) is 15.3. The minimum Gasteiger partial charge on any atom is -0.507 e. The summed E-state index contributed by atoms with van der Waals surface area (Å²) in [4.78, 5) is 4.65. The molecule has 12 heteroatoms. The number of phenols is 1. The highest BCUT2D eigenvalue weighted by Crippen LogP contribution is 2.29. The molecule has 0 fully saturated rings. The summed E-state index contributed by atoms with van der Waals surface area (Å²) < 4.78 is 28.7. The summed E-state index contributed by atoms with van der Waals surface area (Å²) in [5.74, 6) is 0.884. The average molecular weight is 471 g/mol. The highest BCUT2D eigenvalue weighted by molar-refractivity contribution is 7.91. The summed E-state index contributed by atoms with van der Waals surface area (Å²) >= 11 is 0.823. The third-order valence-corrected chi connectivity index (χ3v) is 7.70. The van der Waals surface area contributed by atoms with Crippen molar-refractivity contribution in [2.24, 2.45) is 0 Å². The summed E-state index contributed by atoms with van der Waals surface area (Å²) in [7, 11) is -1.68. The third-order valence-electron chi connectivity index (χ3n) is 4.86. The molecule has 166 valence electrons. The van der Waals surface area contributed by atoms with Crippen molar-refractivity contribution in [1.82, 2.24) is 19.3 Å². The smallest absolute Gasteiger partial charge is 0.250 e. The van der Waals surface area contributed by atoms with Crippen LogP contribution in [0.4, 0.5) is 5.82 Å². The number of sulfonamides is 1. The molecule has 0 saturated heterocycles. The van der Waals surface area contributed by atoms with Crippen molar-refractivity contribution in [3.8, 4) is 22.1 Å². The first-order valence-corrected chi connectivity index (χ1v) is 12.3. The van der Waals surface area contributed by atoms with Crippen molar-refractivity contribution in [2.75, 3.05) is 18.4 Å². The van der Waals surface area contributed by atoms with Crippen LogP contribution in [0.5, 0.6) is 10.8 Å². The van der Waals surface area contributed by atoms with Crippen LogP contribution in [0.2, 0.25) is 0 Å². The summed E-state index contributed by atoms with van der Waals surface area (Å²) in [5.41, 5.74) is 2.88. The summed E-state index contributed by atoms with van der Waals surface area (Å²) in [6, 6.07) is 11.6. The van der Waals surface area contributed by atoms with Crippen molar-refractivity contribution in [1.29, 1.82) is 0 Å². The van der Waals surface area contributed by atoms with Gasteiger partial charge in [-0.1, -0.05) is 23.5 Å². The number of rotatable bonds is 9. The molecule has 0 spiro atoms. The van der Waals surface area contributed by atoms with Crippen LogP contribution >= 0.6 is 11.3 Å². The Labute approximate surface area is 190 Å². The first-order valence-electron chi connectivity index (χ1n) is 10.0. The standard InChI is InChI=1S/C20H22BN5O4S2/c21-14-12-23-26-17(11-15(25-20(14)26)13-5-1-2-6-16(13)27)22-9-3-4-10-24-32(29,30)19-8-7-18(28)31-19/h1-2,5-8,11-12,22,24,27-28H,3-4,9-10,21H2. The highest BCUT2D eigenvalue weighted by Gasteiger charge is 2.16. The Kier molecular flexibility index (Phi) is 6.35. The lowest BCUT2D eigenvalue weighted by atomic mass is 10.0. The molecule has 0 amide bonds. The maximum absolute atomic E-state index is 12.2. The molecule has 3 heterocycles. The number of aromatic nitrogens is 3. The van der Waals surface area contributed by atoms with Crippen LogP contribution in [0.3, 0.4) is 0 Å². The van der Waals surface area contributed by atoms with E-state index in [0.717, 1.165) is 22.6 Å². The van der Waals surface area contributed by atoms with Gasteiger partial charge in [0.1, 0.15) is 23.6 Å². The van der Waals surface area contributed by atoms with Gasteiger partial charge in [0.05, 0.1) is 5.69 Å². The molecule has 0 atom stereocenters. The molecule has 0 radical (unpaired) electrons. The number of benzene rings is 1. The minimum atomic E-state index is -3.60. The highest BCUT2D eigenvalue weighted by atomic mass is 32.2. The van der Waals surface area contributed by atoms with Crippen LogP contribution in [0.1, 0.15) is 12.8 Å². The molecule has 3 aromatic heterocycles. The van der Waals surface area contributed by atoms with Gasteiger partial charge in [0, 0.05) is 30.9 Å². The van der Waals surface area contributed by atoms with E-state index in [9.17, 15) is 18.6 Å². The topological polar surface area (TPSA) is 129 Å². The maximum Gasteiger partial charge on any atom is 0.250 e. The molecule has 0 bridgehead atoms. The Bertz CT molecular complexity index is 1350. The molecule has 4 N–H and O–H groups in total. The largest absolute Gasteiger partial charge is 0.507 e. The molecule has 4 aromatic rings. The Morgan fingerprint density at radius 2 is 1.88 bits per heavy atom. The number of phenolic OH excluding ortho intramolecular Hbond substituents is 1. The van der Waals surface area contributed by atoms with Crippen LogP contribution < -0.4 is 15.5 Å². The normalized spacial score (nSPS) is 11.8. The fourth-order valence-electron chi connectivity index (χ4n) is 3.23. The summed E-state index contributed by atoms with van der Waals surface area (Å²) in [5, 5.41) is 27.2. The van der Waals surface area contributed by atoms with E-state index in [1.165, 1.54) is 12.1 Å². The van der Waals surface area contributed by atoms with E-state index in [-0.39, 0.29) is 15.0 Å². The van der Waals surface area contributed by atoms with Gasteiger partial charge in [-0.2, -0.15) is 9.61 Å². The predicted molar refractivity (Wildman–Crippen MR) is 127 cm³/mol. The van der Waals surface area contributed by atoms with Crippen molar-refractivity contribution in [2.45, 2.75) is 17.1 Å². The van der Waals surface area contributed by atoms with Crippen molar-refractivity contribution < 1.29 is 18.6 Å². The van der Waals surface area contributed by atoms with Crippen LogP contribution in [0.25, 0.3) is 16.9 Å². The van der Waals surface area contributed by atoms with Gasteiger partial charge >= 0.3 is 0 Å². The number of nitrogens with one attached hydrogen (secondary N) is 2. The quantitative estimate of drug-likeness (QED) is 0.214. The van der Waals surface area contributed by atoms with Crippen LogP contribution in [-0.2, 0) is 10.0 Å². The van der Waals surface area contributed by atoms with Gasteiger partial charge in [-0.25, -0.2) is 18.1 Å². The lowest BCUT2D eigenvalue weighted by molar-refractivity contribution is 0.477. The first kappa shape index (κ1) is 22.1. The molecule has 0 saturated carbocycles. The lowest BCUT2D eigenvalue weighted by Gasteiger charge is -2.12. The fourth-order valence-corrected chi connectivity index (χ4v) is 5.38. The maximum atomic E-state index is 12.2. The lowest BCUT2D eigenvalue weighted by Crippen LogP contribution is -2.24. The Hall–Kier alpha value is -3.09. The van der Waals surface area contributed by atoms with E-state index in [0.29, 0.717) is 42.8 Å². The van der Waals surface area contributed by atoms with E-state index >= 15 is 0 Å². The van der Waals surface area contributed by atoms with Crippen LogP contribution in [0, 0.1) is 0 Å². The second-order valence-electron chi connectivity index (χ2n) is 7.23. The summed E-state index contributed by atoms with van der Waals surface area (Å²) in [6.45, 7) is 0.887. The van der Waals surface area contributed by atoms with Gasteiger partial charge in [0.2, 0.25) is 10.0 Å². The number of hydrogen-bond donors (Lipinski definition) is 4. The molecule has 9 nitrogen and oxygen atoms in total. The van der Waals surface area contributed by atoms with Crippen molar-refractivity contribution in [3.63, 3.8) is 0 Å². The average Bonchev–Trinajstić information content (AvgIpc) is 3.37. The number of para-hydroxylation sites is 1. The zero-order valence-electron chi connectivity index (χ0n) is 17.3. The number of anilines is 1. The van der Waals surface area contributed by atoms with Crippen LogP contribution in [-0.4, -0.2) is 54.2 Å². The van der Waals surface area contributed by atoms with Gasteiger partial charge in [-0.15, -0.1) is 0 Å². The molecular weight excluding hydrogens is 449 g/mol. The molecule has 32 heavy (non-hydrogen) atoms. The second kappa shape index (κ2) is 9.19. The number of thiophene rings is 1. The van der Waals surface area contributed by atoms with Gasteiger partial charge < -0.3 is 15.5 Å². The fraction of sp³-hybridized carbons (Fsp3) is 0.200. The van der Waals surface area contributed by atoms with Gasteiger partial charge in [0.15, 0.2) is 10.7 Å². The SMILES string of the molecule is Bc1cnn2c(NCCCCNS(=O)(=O)c3ccc(O)s3)cc(-c3ccccc3O)nc12. The Balaban J connectivity index is 1.40. The van der Waals surface area contributed by atoms with Crippen molar-refractivity contribution in [3.05, 3.63) is 48.7 Å². The molecule has 0 aliphatic rings. The zero-order valence-corrected chi connectivity index (χ0v) is 18.9. The molecular formula is C20H22BN5O4S2. The number of hydrogen-bond acceptors (Lipinski definition) is 8. The van der Waals surface area contributed by atoms with E-state index in [1.807, 2.05) is 26.0 Å². The second-order valence-corrected chi connectivity index (χ2v) is 10.3. The molecule has 1 aromatic carbocycles. The zero-order chi connectivity index (χ0) is 22.7. The Morgan fingerprint density at radius 3 is 2.62 bits per heavy atom. The number of fused-ring (bicyclic) bond motifs is 1. The number of aromatic hydroxyl groups is 2. The molecule has 0 aliphatic heterocycles. The van der Waals surface area contributed by atoms with E-state index < -0.39 is 10.0 Å². The minimum absolute atomic E-state index is 0.0321. The monoisotopic (exact) mass is 471 g/mol. The van der Waals surface area contributed by atoms with E-state index in [1.54, 1.807) is 22.8 Å². The van der Waals surface area contributed by atoms with E-state index in [4.69, 9.17) is 0 Å². The predicted octanol–water partition coefficient (Wildman–Crippen LogP) is 1.30. The van der Waals surface area contributed by atoms with Crippen molar-refractivity contribution >= 4 is 46.1 Å². The molecule has 0 unspecified atom stereocenters. The third kappa shape index (κ3) is 4.72. The number of nitrogens with zero attached hydrogens (tertiary/aromatic N) is 3.